The number of para-hydroxylation sites is 2. The van der Waals surface area contributed by atoms with Crippen molar-refractivity contribution in [3.8, 4) is 5.69 Å². The molecule has 1 heterocycles. The minimum Gasteiger partial charge on any atom is -0.289 e. The van der Waals surface area contributed by atoms with Crippen molar-refractivity contribution >= 4 is 27.8 Å². The van der Waals surface area contributed by atoms with Crippen molar-refractivity contribution in [3.63, 3.8) is 0 Å². The van der Waals surface area contributed by atoms with Gasteiger partial charge in [0.05, 0.1) is 5.69 Å². The van der Waals surface area contributed by atoms with E-state index in [0.29, 0.717) is 0 Å². The highest BCUT2D eigenvalue weighted by Crippen LogP contribution is 2.50. The monoisotopic (exact) mass is 432 g/mol. The Morgan fingerprint density at radius 3 is 2.12 bits per heavy atom. The summed E-state index contributed by atoms with van der Waals surface area (Å²) in [7, 11) is 0. The maximum atomic E-state index is 5.04. The van der Waals surface area contributed by atoms with Crippen molar-refractivity contribution in [1.82, 2.24) is 4.57 Å². The van der Waals surface area contributed by atoms with E-state index in [1.54, 1.807) is 11.3 Å². The molecule has 0 amide bonds. The highest BCUT2D eigenvalue weighted by Gasteiger charge is 2.43. The van der Waals surface area contributed by atoms with E-state index in [0.717, 1.165) is 10.5 Å². The molecule has 0 aliphatic heterocycles. The van der Waals surface area contributed by atoms with E-state index in [4.69, 9.17) is 4.99 Å². The first-order valence-corrected chi connectivity index (χ1v) is 12.1. The van der Waals surface area contributed by atoms with Gasteiger partial charge >= 0.3 is 0 Å². The van der Waals surface area contributed by atoms with Gasteiger partial charge in [0.1, 0.15) is 0 Å². The Kier molecular flexibility index (Phi) is 4.77. The van der Waals surface area contributed by atoms with Gasteiger partial charge in [-0.05, 0) is 53.4 Å². The van der Waals surface area contributed by atoms with Gasteiger partial charge < -0.3 is 0 Å². The molecule has 156 valence electrons. The number of rotatable bonds is 4. The van der Waals surface area contributed by atoms with Crippen LogP contribution in [0.1, 0.15) is 30.5 Å². The number of fused-ring (bicyclic) bond motifs is 1. The Labute approximate surface area is 192 Å². The van der Waals surface area contributed by atoms with Gasteiger partial charge in [0.15, 0.2) is 4.80 Å². The molecule has 1 fully saturated rings. The molecule has 0 bridgehead atoms. The van der Waals surface area contributed by atoms with Gasteiger partial charge in [0.25, 0.3) is 0 Å². The Morgan fingerprint density at radius 2 is 1.41 bits per heavy atom. The van der Waals surface area contributed by atoms with Crippen molar-refractivity contribution in [1.29, 1.82) is 0 Å². The molecule has 1 aromatic heterocycles. The molecular formula is C29H24N2S. The van der Waals surface area contributed by atoms with Gasteiger partial charge in [-0.3, -0.25) is 4.57 Å². The quantitative estimate of drug-likeness (QED) is 0.282. The highest BCUT2D eigenvalue weighted by atomic mass is 32.1. The zero-order valence-electron chi connectivity index (χ0n) is 17.8. The molecule has 0 N–H and O–H groups in total. The summed E-state index contributed by atoms with van der Waals surface area (Å²) < 4.78 is 2.38. The lowest BCUT2D eigenvalue weighted by atomic mass is 9.62. The summed E-state index contributed by atoms with van der Waals surface area (Å²) in [6.07, 6.45) is 3.59. The zero-order chi connectivity index (χ0) is 21.4. The maximum Gasteiger partial charge on any atom is 0.194 e. The van der Waals surface area contributed by atoms with Gasteiger partial charge in [-0.25, -0.2) is 4.99 Å². The summed E-state index contributed by atoms with van der Waals surface area (Å²) in [6, 6.07) is 36.6. The predicted molar refractivity (Wildman–Crippen MR) is 134 cm³/mol. The van der Waals surface area contributed by atoms with Crippen LogP contribution in [0.2, 0.25) is 0 Å². The van der Waals surface area contributed by atoms with E-state index >= 15 is 0 Å². The SMILES string of the molecule is c1ccc(/N=c2/scc(C3(c4ccc5ccccc5c4)CCC3)n2-c2ccccc2)cc1. The summed E-state index contributed by atoms with van der Waals surface area (Å²) >= 11 is 1.74. The lowest BCUT2D eigenvalue weighted by Gasteiger charge is -2.43. The van der Waals surface area contributed by atoms with Crippen molar-refractivity contribution in [3.05, 3.63) is 125 Å². The van der Waals surface area contributed by atoms with Gasteiger partial charge in [0, 0.05) is 22.2 Å². The molecule has 0 radical (unpaired) electrons. The first-order valence-electron chi connectivity index (χ1n) is 11.2. The molecule has 2 nitrogen and oxygen atoms in total. The lowest BCUT2D eigenvalue weighted by molar-refractivity contribution is 0.290. The number of nitrogens with zero attached hydrogens (tertiary/aromatic N) is 2. The van der Waals surface area contributed by atoms with E-state index < -0.39 is 0 Å². The number of hydrogen-bond acceptors (Lipinski definition) is 2. The summed E-state index contributed by atoms with van der Waals surface area (Å²) in [5, 5.41) is 4.95. The molecule has 6 rings (SSSR count). The average molecular weight is 433 g/mol. The minimum atomic E-state index is 0.0286. The van der Waals surface area contributed by atoms with Crippen LogP contribution >= 0.6 is 11.3 Å². The normalized spacial score (nSPS) is 15.6. The summed E-state index contributed by atoms with van der Waals surface area (Å²) in [6.45, 7) is 0. The lowest BCUT2D eigenvalue weighted by Crippen LogP contribution is -2.38. The van der Waals surface area contributed by atoms with Crippen LogP contribution in [0, 0.1) is 0 Å². The molecule has 4 aromatic carbocycles. The van der Waals surface area contributed by atoms with Crippen molar-refractivity contribution in [2.24, 2.45) is 4.99 Å². The second kappa shape index (κ2) is 7.92. The number of benzene rings is 4. The third-order valence-electron chi connectivity index (χ3n) is 6.70. The van der Waals surface area contributed by atoms with E-state index in [9.17, 15) is 0 Å². The van der Waals surface area contributed by atoms with Crippen LogP contribution < -0.4 is 4.80 Å². The van der Waals surface area contributed by atoms with Crippen LogP contribution in [0.25, 0.3) is 16.5 Å². The van der Waals surface area contributed by atoms with Crippen LogP contribution in [-0.2, 0) is 5.41 Å². The summed E-state index contributed by atoms with van der Waals surface area (Å²) in [5.41, 5.74) is 4.95. The zero-order valence-corrected chi connectivity index (χ0v) is 18.6. The fraction of sp³-hybridized carbons (Fsp3) is 0.138. The molecule has 3 heteroatoms. The van der Waals surface area contributed by atoms with Crippen LogP contribution in [0.5, 0.6) is 0 Å². The van der Waals surface area contributed by atoms with Gasteiger partial charge in [-0.2, -0.15) is 0 Å². The predicted octanol–water partition coefficient (Wildman–Crippen LogP) is 7.39. The summed E-state index contributed by atoms with van der Waals surface area (Å²) in [4.78, 5) is 6.05. The van der Waals surface area contributed by atoms with E-state index in [2.05, 4.69) is 94.9 Å². The number of aromatic nitrogens is 1. The van der Waals surface area contributed by atoms with Gasteiger partial charge in [0.2, 0.25) is 0 Å². The van der Waals surface area contributed by atoms with E-state index in [1.807, 2.05) is 18.2 Å². The minimum absolute atomic E-state index is 0.0286. The molecule has 5 aromatic rings. The van der Waals surface area contributed by atoms with Gasteiger partial charge in [-0.15, -0.1) is 11.3 Å². The van der Waals surface area contributed by atoms with Crippen molar-refractivity contribution < 1.29 is 0 Å². The second-order valence-electron chi connectivity index (χ2n) is 8.52. The molecule has 0 atom stereocenters. The largest absolute Gasteiger partial charge is 0.289 e. The topological polar surface area (TPSA) is 17.3 Å². The second-order valence-corrected chi connectivity index (χ2v) is 9.36. The maximum absolute atomic E-state index is 5.04. The molecule has 1 saturated carbocycles. The van der Waals surface area contributed by atoms with Crippen LogP contribution in [0.15, 0.2) is 114 Å². The van der Waals surface area contributed by atoms with Crippen molar-refractivity contribution in [2.75, 3.05) is 0 Å². The number of hydrogen-bond donors (Lipinski definition) is 0. The molecule has 1 aliphatic carbocycles. The molecule has 32 heavy (non-hydrogen) atoms. The fourth-order valence-corrected chi connectivity index (χ4v) is 5.89. The Morgan fingerprint density at radius 1 is 0.719 bits per heavy atom. The van der Waals surface area contributed by atoms with Gasteiger partial charge in [-0.1, -0.05) is 85.3 Å². The first kappa shape index (κ1) is 19.3. The smallest absolute Gasteiger partial charge is 0.194 e. The first-order chi connectivity index (χ1) is 15.8. The third kappa shape index (κ3) is 3.21. The molecular weight excluding hydrogens is 408 g/mol. The number of thiazole rings is 1. The standard InChI is InChI=1S/C29H24N2S/c1-3-12-25(13-4-1)30-28-31(26-14-5-2-6-15-26)27(21-32-28)29(18-9-19-29)24-17-16-22-10-7-8-11-23(22)20-24/h1-8,10-17,20-21H,9,18-19H2/b30-28+. The van der Waals surface area contributed by atoms with Crippen LogP contribution in [0.4, 0.5) is 5.69 Å². The van der Waals surface area contributed by atoms with E-state index in [1.165, 1.54) is 47.0 Å². The average Bonchev–Trinajstić information content (AvgIpc) is 3.23. The molecule has 0 unspecified atom stereocenters. The van der Waals surface area contributed by atoms with Crippen LogP contribution in [-0.4, -0.2) is 4.57 Å². The molecule has 0 saturated heterocycles. The third-order valence-corrected chi connectivity index (χ3v) is 7.53. The Hall–Kier alpha value is -3.43. The fourth-order valence-electron chi connectivity index (χ4n) is 4.87. The van der Waals surface area contributed by atoms with Crippen molar-refractivity contribution in [2.45, 2.75) is 24.7 Å². The van der Waals surface area contributed by atoms with E-state index in [-0.39, 0.29) is 5.41 Å². The Balaban J connectivity index is 1.58. The molecule has 0 spiro atoms. The summed E-state index contributed by atoms with van der Waals surface area (Å²) in [5.74, 6) is 0. The molecule has 1 aliphatic rings. The highest BCUT2D eigenvalue weighted by molar-refractivity contribution is 7.07. The van der Waals surface area contributed by atoms with Crippen LogP contribution in [0.3, 0.4) is 0 Å². The Bertz CT molecular complexity index is 1440.